The van der Waals surface area contributed by atoms with Crippen LogP contribution in [0.4, 0.5) is 10.1 Å². The van der Waals surface area contributed by atoms with Crippen molar-refractivity contribution in [2.24, 2.45) is 5.73 Å². The molecule has 0 aliphatic carbocycles. The van der Waals surface area contributed by atoms with E-state index in [9.17, 15) is 9.18 Å². The van der Waals surface area contributed by atoms with Gasteiger partial charge in [0, 0.05) is 5.69 Å². The van der Waals surface area contributed by atoms with Crippen LogP contribution in [0.25, 0.3) is 0 Å². The zero-order valence-electron chi connectivity index (χ0n) is 9.67. The highest BCUT2D eigenvalue weighted by atomic mass is 19.1. The summed E-state index contributed by atoms with van der Waals surface area (Å²) in [5.74, 6) is -1.13. The van der Waals surface area contributed by atoms with E-state index in [0.717, 1.165) is 12.1 Å². The maximum absolute atomic E-state index is 12.4. The van der Waals surface area contributed by atoms with Crippen LogP contribution in [0, 0.1) is 5.82 Å². The van der Waals surface area contributed by atoms with Crippen molar-refractivity contribution in [3.8, 4) is 0 Å². The molecule has 0 aromatic heterocycles. The van der Waals surface area contributed by atoms with Gasteiger partial charge in [-0.2, -0.15) is 0 Å². The second-order valence-corrected chi connectivity index (χ2v) is 2.10. The zero-order valence-corrected chi connectivity index (χ0v) is 9.67. The Balaban J connectivity index is 0. The van der Waals surface area contributed by atoms with Crippen LogP contribution in [-0.2, 0) is 0 Å². The lowest BCUT2D eigenvalue weighted by Crippen LogP contribution is -2.13. The number of amides is 1. The highest BCUT2D eigenvalue weighted by Crippen LogP contribution is 2.11. The summed E-state index contributed by atoms with van der Waals surface area (Å²) in [6.07, 6.45) is 0. The number of rotatable bonds is 1. The van der Waals surface area contributed by atoms with E-state index < -0.39 is 11.7 Å². The van der Waals surface area contributed by atoms with Gasteiger partial charge in [-0.15, -0.1) is 0 Å². The Morgan fingerprint density at radius 2 is 1.67 bits per heavy atom. The van der Waals surface area contributed by atoms with Crippen molar-refractivity contribution in [1.82, 2.24) is 0 Å². The van der Waals surface area contributed by atoms with Crippen molar-refractivity contribution in [3.63, 3.8) is 0 Å². The third kappa shape index (κ3) is 5.67. The topological polar surface area (TPSA) is 69.1 Å². The molecule has 0 fully saturated rings. The normalized spacial score (nSPS) is 7.80. The number of primary amides is 1. The average molecular weight is 214 g/mol. The quantitative estimate of drug-likeness (QED) is 0.705. The van der Waals surface area contributed by atoms with Crippen molar-refractivity contribution >= 4 is 11.6 Å². The summed E-state index contributed by atoms with van der Waals surface area (Å²) in [7, 11) is 0. The molecule has 0 spiro atoms. The summed E-state index contributed by atoms with van der Waals surface area (Å²) in [6.45, 7) is 8.00. The highest BCUT2D eigenvalue weighted by Gasteiger charge is 2.04. The Kier molecular flexibility index (Phi) is 9.52. The molecule has 3 nitrogen and oxygen atoms in total. The van der Waals surface area contributed by atoms with Crippen molar-refractivity contribution in [3.05, 3.63) is 29.6 Å². The Morgan fingerprint density at radius 3 is 2.00 bits per heavy atom. The van der Waals surface area contributed by atoms with Gasteiger partial charge in [0.2, 0.25) is 0 Å². The first kappa shape index (κ1) is 15.9. The lowest BCUT2D eigenvalue weighted by Gasteiger charge is -1.99. The van der Waals surface area contributed by atoms with E-state index in [0.29, 0.717) is 0 Å². The minimum atomic E-state index is -0.650. The first-order valence-corrected chi connectivity index (χ1v) is 4.96. The Hall–Kier alpha value is -1.58. The van der Waals surface area contributed by atoms with E-state index in [-0.39, 0.29) is 11.3 Å². The molecular weight excluding hydrogens is 195 g/mol. The van der Waals surface area contributed by atoms with Crippen LogP contribution in [0.15, 0.2) is 18.2 Å². The maximum atomic E-state index is 12.4. The molecule has 0 heterocycles. The maximum Gasteiger partial charge on any atom is 0.250 e. The second-order valence-electron chi connectivity index (χ2n) is 2.10. The smallest absolute Gasteiger partial charge is 0.250 e. The van der Waals surface area contributed by atoms with Gasteiger partial charge in [0.05, 0.1) is 5.56 Å². The zero-order chi connectivity index (χ0) is 12.4. The highest BCUT2D eigenvalue weighted by molar-refractivity contribution is 5.97. The van der Waals surface area contributed by atoms with Crippen LogP contribution in [-0.4, -0.2) is 5.91 Å². The van der Waals surface area contributed by atoms with Gasteiger partial charge < -0.3 is 11.5 Å². The van der Waals surface area contributed by atoms with E-state index in [4.69, 9.17) is 11.5 Å². The fourth-order valence-electron chi connectivity index (χ4n) is 0.758. The predicted octanol–water partition coefficient (Wildman–Crippen LogP) is 2.56. The predicted molar refractivity (Wildman–Crippen MR) is 62.0 cm³/mol. The third-order valence-corrected chi connectivity index (χ3v) is 1.28. The van der Waals surface area contributed by atoms with Crippen LogP contribution in [0.1, 0.15) is 38.1 Å². The number of benzene rings is 1. The number of hydrogen-bond donors (Lipinski definition) is 2. The minimum Gasteiger partial charge on any atom is -0.398 e. The van der Waals surface area contributed by atoms with Gasteiger partial charge in [0.1, 0.15) is 5.82 Å². The van der Waals surface area contributed by atoms with Gasteiger partial charge in [-0.3, -0.25) is 4.79 Å². The Morgan fingerprint density at radius 1 is 1.20 bits per heavy atom. The molecule has 0 unspecified atom stereocenters. The molecule has 86 valence electrons. The molecule has 0 radical (unpaired) electrons. The van der Waals surface area contributed by atoms with Crippen LogP contribution in [0.2, 0.25) is 0 Å². The molecule has 0 aliphatic heterocycles. The number of hydrogen-bond acceptors (Lipinski definition) is 2. The number of nitrogens with two attached hydrogens (primary N) is 2. The largest absolute Gasteiger partial charge is 0.398 e. The van der Waals surface area contributed by atoms with E-state index in [1.165, 1.54) is 6.07 Å². The summed E-state index contributed by atoms with van der Waals surface area (Å²) in [5.41, 5.74) is 10.4. The van der Waals surface area contributed by atoms with Crippen LogP contribution < -0.4 is 11.5 Å². The van der Waals surface area contributed by atoms with E-state index in [1.54, 1.807) is 0 Å². The first-order valence-electron chi connectivity index (χ1n) is 4.96. The van der Waals surface area contributed by atoms with E-state index in [1.807, 2.05) is 27.7 Å². The summed E-state index contributed by atoms with van der Waals surface area (Å²) in [4.78, 5) is 10.6. The fourth-order valence-corrected chi connectivity index (χ4v) is 0.758. The molecule has 0 bridgehead atoms. The summed E-state index contributed by atoms with van der Waals surface area (Å²) in [5, 5.41) is 0. The molecule has 1 aromatic carbocycles. The third-order valence-electron chi connectivity index (χ3n) is 1.28. The molecule has 1 amide bonds. The van der Waals surface area contributed by atoms with Crippen molar-refractivity contribution in [2.45, 2.75) is 27.7 Å². The molecule has 0 saturated heterocycles. The number of carbonyl (C=O) groups is 1. The summed E-state index contributed by atoms with van der Waals surface area (Å²) < 4.78 is 12.4. The molecule has 4 N–H and O–H groups in total. The van der Waals surface area contributed by atoms with Crippen molar-refractivity contribution in [1.29, 1.82) is 0 Å². The SMILES string of the molecule is CC.CC.NC(=O)c1ccc(F)cc1N. The molecule has 1 aromatic rings. The second kappa shape index (κ2) is 8.99. The van der Waals surface area contributed by atoms with E-state index in [2.05, 4.69) is 0 Å². The van der Waals surface area contributed by atoms with Gasteiger partial charge in [0.25, 0.3) is 5.91 Å². The molecular formula is C11H19FN2O. The minimum absolute atomic E-state index is 0.0671. The van der Waals surface area contributed by atoms with Crippen LogP contribution >= 0.6 is 0 Å². The molecule has 0 aliphatic rings. The summed E-state index contributed by atoms with van der Waals surface area (Å²) in [6, 6.07) is 3.45. The van der Waals surface area contributed by atoms with Crippen LogP contribution in [0.3, 0.4) is 0 Å². The lowest BCUT2D eigenvalue weighted by atomic mass is 10.2. The number of halogens is 1. The molecule has 15 heavy (non-hydrogen) atoms. The molecule has 1 rings (SSSR count). The standard InChI is InChI=1S/C7H7FN2O.2C2H6/c8-4-1-2-5(7(10)11)6(9)3-4;2*1-2/h1-3H,9H2,(H2,10,11);2*1-2H3. The Labute approximate surface area is 90.3 Å². The first-order chi connectivity index (χ1) is 7.11. The number of anilines is 1. The fraction of sp³-hybridized carbons (Fsp3) is 0.364. The van der Waals surface area contributed by atoms with Gasteiger partial charge in [-0.1, -0.05) is 27.7 Å². The van der Waals surface area contributed by atoms with Gasteiger partial charge in [-0.25, -0.2) is 4.39 Å². The van der Waals surface area contributed by atoms with Gasteiger partial charge in [0.15, 0.2) is 0 Å². The van der Waals surface area contributed by atoms with Crippen LogP contribution in [0.5, 0.6) is 0 Å². The monoisotopic (exact) mass is 214 g/mol. The summed E-state index contributed by atoms with van der Waals surface area (Å²) >= 11 is 0. The number of carbonyl (C=O) groups excluding carboxylic acids is 1. The van der Waals surface area contributed by atoms with Crippen molar-refractivity contribution < 1.29 is 9.18 Å². The Bertz CT molecular complexity index is 301. The molecule has 0 saturated carbocycles. The van der Waals surface area contributed by atoms with Crippen molar-refractivity contribution in [2.75, 3.05) is 5.73 Å². The average Bonchev–Trinajstić information content (AvgIpc) is 2.23. The molecule has 4 heteroatoms. The van der Waals surface area contributed by atoms with Gasteiger partial charge >= 0.3 is 0 Å². The lowest BCUT2D eigenvalue weighted by molar-refractivity contribution is 0.100. The van der Waals surface area contributed by atoms with Gasteiger partial charge in [-0.05, 0) is 18.2 Å². The molecule has 0 atom stereocenters. The van der Waals surface area contributed by atoms with E-state index >= 15 is 0 Å². The number of nitrogen functional groups attached to an aromatic ring is 1.